The number of alkyl halides is 5. The molecule has 4 rings (SSSR count). The average Bonchev–Trinajstić information content (AvgIpc) is 3.25. The van der Waals surface area contributed by atoms with Crippen molar-refractivity contribution in [3.05, 3.63) is 80.0 Å². The highest BCUT2D eigenvalue weighted by atomic mass is 35.5. The van der Waals surface area contributed by atoms with E-state index in [2.05, 4.69) is 15.6 Å². The smallest absolute Gasteiger partial charge is 0.405 e. The quantitative estimate of drug-likeness (QED) is 0.153. The highest BCUT2D eigenvalue weighted by molar-refractivity contribution is 6.39. The topological polar surface area (TPSA) is 97.3 Å². The van der Waals surface area contributed by atoms with Crippen molar-refractivity contribution < 1.29 is 40.7 Å². The Morgan fingerprint density at radius 1 is 1.02 bits per heavy atom. The number of hydrogen-bond donors (Lipinski definition) is 3. The number of carbonyl (C=O) groups is 2. The van der Waals surface area contributed by atoms with Gasteiger partial charge in [-0.25, -0.2) is 18.2 Å². The molecule has 4 aromatic rings. The molecule has 2 amide bonds. The number of benzene rings is 3. The molecule has 8 nitrogen and oxygen atoms in total. The van der Waals surface area contributed by atoms with E-state index >= 15 is 0 Å². The first-order valence-corrected chi connectivity index (χ1v) is 13.5. The molecule has 0 atom stereocenters. The van der Waals surface area contributed by atoms with Gasteiger partial charge in [0.05, 0.1) is 42.9 Å². The number of carbonyl (C=O) groups excluding carboxylic acids is 2. The van der Waals surface area contributed by atoms with E-state index in [0.717, 1.165) is 12.1 Å². The number of fused-ring (bicyclic) bond motifs is 1. The molecule has 0 aliphatic carbocycles. The van der Waals surface area contributed by atoms with Crippen LogP contribution in [-0.4, -0.2) is 47.1 Å². The summed E-state index contributed by atoms with van der Waals surface area (Å²) >= 11 is 18.9. The Morgan fingerprint density at radius 2 is 1.75 bits per heavy atom. The fraction of sp³-hybridized carbons (Fsp3) is 0.222. The van der Waals surface area contributed by atoms with Crippen molar-refractivity contribution in [2.24, 2.45) is 7.05 Å². The van der Waals surface area contributed by atoms with Crippen molar-refractivity contribution in [2.75, 3.05) is 18.5 Å². The van der Waals surface area contributed by atoms with Gasteiger partial charge < -0.3 is 25.3 Å². The van der Waals surface area contributed by atoms with E-state index in [1.165, 1.54) is 41.9 Å². The van der Waals surface area contributed by atoms with Crippen molar-refractivity contribution in [2.45, 2.75) is 19.1 Å². The van der Waals surface area contributed by atoms with Crippen LogP contribution >= 0.6 is 34.8 Å². The first kappa shape index (κ1) is 33.0. The van der Waals surface area contributed by atoms with Crippen LogP contribution in [-0.2, 0) is 13.6 Å². The third-order valence-electron chi connectivity index (χ3n) is 6.08. The van der Waals surface area contributed by atoms with Gasteiger partial charge in [0, 0.05) is 19.7 Å². The second kappa shape index (κ2) is 13.4. The zero-order valence-corrected chi connectivity index (χ0v) is 24.5. The van der Waals surface area contributed by atoms with Crippen LogP contribution in [0.15, 0.2) is 42.5 Å². The van der Waals surface area contributed by atoms with Crippen molar-refractivity contribution in [3.8, 4) is 5.75 Å². The molecule has 234 valence electrons. The zero-order valence-electron chi connectivity index (χ0n) is 22.3. The largest absolute Gasteiger partial charge is 0.487 e. The lowest BCUT2D eigenvalue weighted by Crippen LogP contribution is -2.34. The van der Waals surface area contributed by atoms with Crippen molar-refractivity contribution in [1.82, 2.24) is 20.2 Å². The summed E-state index contributed by atoms with van der Waals surface area (Å²) in [7, 11) is 1.52. The Kier molecular flexibility index (Phi) is 10.1. The number of nitrogens with one attached hydrogen (secondary N) is 3. The molecule has 3 N–H and O–H groups in total. The fourth-order valence-corrected chi connectivity index (χ4v) is 4.77. The predicted molar refractivity (Wildman–Crippen MR) is 153 cm³/mol. The first-order valence-electron chi connectivity index (χ1n) is 12.4. The molecule has 0 spiro atoms. The summed E-state index contributed by atoms with van der Waals surface area (Å²) in [5, 5.41) is 7.22. The highest BCUT2D eigenvalue weighted by Crippen LogP contribution is 2.37. The van der Waals surface area contributed by atoms with E-state index in [1.807, 2.05) is 0 Å². The summed E-state index contributed by atoms with van der Waals surface area (Å²) in [6.07, 6.45) is -7.64. The van der Waals surface area contributed by atoms with Gasteiger partial charge in [-0.1, -0.05) is 46.9 Å². The summed E-state index contributed by atoms with van der Waals surface area (Å²) in [6.45, 7) is -2.93. The maximum Gasteiger partial charge on any atom is 0.405 e. The van der Waals surface area contributed by atoms with Gasteiger partial charge in [-0.15, -0.1) is 0 Å². The van der Waals surface area contributed by atoms with Gasteiger partial charge in [0.2, 0.25) is 5.95 Å². The number of aromatic nitrogens is 2. The van der Waals surface area contributed by atoms with Crippen molar-refractivity contribution >= 4 is 69.3 Å². The van der Waals surface area contributed by atoms with E-state index in [1.54, 1.807) is 5.32 Å². The van der Waals surface area contributed by atoms with Crippen LogP contribution in [0.5, 0.6) is 5.75 Å². The molecule has 0 saturated carbocycles. The Balaban J connectivity index is 1.64. The number of hydrogen-bond acceptors (Lipinski definition) is 5. The molecule has 44 heavy (non-hydrogen) atoms. The van der Waals surface area contributed by atoms with Gasteiger partial charge in [-0.2, -0.15) is 13.2 Å². The molecule has 17 heteroatoms. The number of aryl methyl sites for hydroxylation is 1. The third kappa shape index (κ3) is 7.60. The molecule has 0 unspecified atom stereocenters. The summed E-state index contributed by atoms with van der Waals surface area (Å²) in [4.78, 5) is 29.4. The predicted octanol–water partition coefficient (Wildman–Crippen LogP) is 7.28. The second-order valence-electron chi connectivity index (χ2n) is 9.13. The van der Waals surface area contributed by atoms with E-state index in [-0.39, 0.29) is 49.8 Å². The van der Waals surface area contributed by atoms with E-state index in [9.17, 15) is 35.9 Å². The van der Waals surface area contributed by atoms with E-state index in [0.29, 0.717) is 5.56 Å². The molecule has 3 aromatic carbocycles. The SMILES string of the molecule is Cn1c(Nc2c(Cl)ccc(CNC(=O)c3c(F)cccc3Cl)c2Cl)nc2cc(C(=O)NCC(F)(F)F)c(OCC(F)F)cc21. The third-order valence-corrected chi connectivity index (χ3v) is 7.14. The molecule has 0 bridgehead atoms. The van der Waals surface area contributed by atoms with Crippen LogP contribution in [0.3, 0.4) is 0 Å². The molecule has 1 heterocycles. The number of ether oxygens (including phenoxy) is 1. The average molecular weight is 683 g/mol. The van der Waals surface area contributed by atoms with E-state index in [4.69, 9.17) is 39.5 Å². The van der Waals surface area contributed by atoms with Crippen LogP contribution in [0.25, 0.3) is 11.0 Å². The van der Waals surface area contributed by atoms with Gasteiger partial charge in [0.1, 0.15) is 24.7 Å². The normalized spacial score (nSPS) is 11.6. The Bertz CT molecular complexity index is 1710. The lowest BCUT2D eigenvalue weighted by molar-refractivity contribution is -0.123. The fourth-order valence-electron chi connectivity index (χ4n) is 3.99. The zero-order chi connectivity index (χ0) is 32.3. The monoisotopic (exact) mass is 681 g/mol. The Morgan fingerprint density at radius 3 is 2.41 bits per heavy atom. The summed E-state index contributed by atoms with van der Waals surface area (Å²) in [5.74, 6) is -3.13. The Labute approximate surface area is 260 Å². The van der Waals surface area contributed by atoms with Crippen LogP contribution in [0.2, 0.25) is 15.1 Å². The number of amides is 2. The number of nitrogens with zero attached hydrogens (tertiary/aromatic N) is 2. The molecular weight excluding hydrogens is 663 g/mol. The lowest BCUT2D eigenvalue weighted by atomic mass is 10.1. The summed E-state index contributed by atoms with van der Waals surface area (Å²) in [6, 6.07) is 9.06. The van der Waals surface area contributed by atoms with Gasteiger partial charge in [-0.05, 0) is 29.8 Å². The van der Waals surface area contributed by atoms with Gasteiger partial charge >= 0.3 is 6.18 Å². The minimum atomic E-state index is -4.72. The number of anilines is 2. The van der Waals surface area contributed by atoms with Crippen LogP contribution in [0.1, 0.15) is 26.3 Å². The molecule has 0 fully saturated rings. The molecule has 0 aliphatic rings. The maximum atomic E-state index is 14.1. The maximum absolute atomic E-state index is 14.1. The molecule has 1 aromatic heterocycles. The minimum absolute atomic E-state index is 0.0534. The minimum Gasteiger partial charge on any atom is -0.487 e. The van der Waals surface area contributed by atoms with Gasteiger partial charge in [-0.3, -0.25) is 9.59 Å². The lowest BCUT2D eigenvalue weighted by Gasteiger charge is -2.15. The molecule has 0 saturated heterocycles. The van der Waals surface area contributed by atoms with Crippen molar-refractivity contribution in [3.63, 3.8) is 0 Å². The van der Waals surface area contributed by atoms with Gasteiger partial charge in [0.25, 0.3) is 18.2 Å². The number of imidazole rings is 1. The second-order valence-corrected chi connectivity index (χ2v) is 10.3. The Hall–Kier alpha value is -3.88. The van der Waals surface area contributed by atoms with Crippen molar-refractivity contribution in [1.29, 1.82) is 0 Å². The number of rotatable bonds is 10. The van der Waals surface area contributed by atoms with Crippen LogP contribution in [0.4, 0.5) is 38.0 Å². The molecular formula is C27H20Cl3F6N5O3. The standard InChI is InChI=1S/C27H20Cl3F6N5O3/c1-41-18-8-19(44-10-20(32)33)13(24(42)38-11-27(34,35)36)7-17(18)39-26(41)40-23-15(29)6-5-12(22(23)30)9-37-25(43)21-14(28)3-2-4-16(21)31/h2-8,20H,9-11H2,1H3,(H,37,43)(H,38,42)(H,39,40). The molecule has 0 radical (unpaired) electrons. The van der Waals surface area contributed by atoms with Crippen LogP contribution < -0.4 is 20.7 Å². The van der Waals surface area contributed by atoms with Crippen LogP contribution in [0, 0.1) is 5.82 Å². The molecule has 0 aliphatic heterocycles. The first-order chi connectivity index (χ1) is 20.7. The highest BCUT2D eigenvalue weighted by Gasteiger charge is 2.29. The van der Waals surface area contributed by atoms with E-state index < -0.39 is 54.7 Å². The van der Waals surface area contributed by atoms with Gasteiger partial charge in [0.15, 0.2) is 0 Å². The number of halogens is 9. The summed E-state index contributed by atoms with van der Waals surface area (Å²) < 4.78 is 84.3. The summed E-state index contributed by atoms with van der Waals surface area (Å²) in [5.41, 5.74) is 0.0520.